The fraction of sp³-hybridized carbons (Fsp3) is 0.600. The zero-order valence-electron chi connectivity index (χ0n) is 12.3. The molecule has 1 atom stereocenters. The smallest absolute Gasteiger partial charge is 0.203 e. The fourth-order valence-electron chi connectivity index (χ4n) is 2.76. The molecule has 20 heavy (non-hydrogen) atoms. The molecule has 1 heterocycles. The van der Waals surface area contributed by atoms with Gasteiger partial charge in [-0.3, -0.25) is 0 Å². The van der Waals surface area contributed by atoms with Crippen LogP contribution in [0.15, 0.2) is 10.5 Å². The second-order valence-electron chi connectivity index (χ2n) is 5.02. The van der Waals surface area contributed by atoms with Gasteiger partial charge in [-0.1, -0.05) is 15.9 Å². The molecule has 2 rings (SSSR count). The second-order valence-corrected chi connectivity index (χ2v) is 5.88. The maximum absolute atomic E-state index is 5.58. The lowest BCUT2D eigenvalue weighted by Crippen LogP contribution is -2.31. The van der Waals surface area contributed by atoms with Gasteiger partial charge >= 0.3 is 0 Å². The van der Waals surface area contributed by atoms with Gasteiger partial charge in [-0.15, -0.1) is 0 Å². The minimum atomic E-state index is 0.632. The van der Waals surface area contributed by atoms with Crippen LogP contribution in [0.25, 0.3) is 0 Å². The molecule has 1 aliphatic heterocycles. The quantitative estimate of drug-likeness (QED) is 0.891. The number of halogens is 1. The van der Waals surface area contributed by atoms with Gasteiger partial charge in [0, 0.05) is 10.0 Å². The second kappa shape index (κ2) is 7.18. The lowest BCUT2D eigenvalue weighted by atomic mass is 9.91. The molecule has 0 aliphatic carbocycles. The van der Waals surface area contributed by atoms with Gasteiger partial charge in [-0.2, -0.15) is 0 Å². The highest BCUT2D eigenvalue weighted by atomic mass is 79.9. The number of nitrogens with one attached hydrogen (secondary N) is 1. The molecule has 4 nitrogen and oxygen atoms in total. The normalized spacial score (nSPS) is 18.7. The van der Waals surface area contributed by atoms with Crippen LogP contribution >= 0.6 is 15.9 Å². The monoisotopic (exact) mass is 343 g/mol. The van der Waals surface area contributed by atoms with E-state index in [-0.39, 0.29) is 0 Å². The Hall–Kier alpha value is -0.940. The highest BCUT2D eigenvalue weighted by Gasteiger charge is 2.23. The molecule has 1 unspecified atom stereocenters. The van der Waals surface area contributed by atoms with E-state index in [2.05, 4.69) is 21.2 Å². The molecule has 1 aromatic rings. The first-order chi connectivity index (χ1) is 9.71. The molecule has 1 saturated heterocycles. The molecule has 1 N–H and O–H groups in total. The minimum Gasteiger partial charge on any atom is -0.493 e. The molecule has 1 aromatic carbocycles. The Morgan fingerprint density at radius 1 is 1.20 bits per heavy atom. The van der Waals surface area contributed by atoms with Gasteiger partial charge in [-0.25, -0.2) is 0 Å². The summed E-state index contributed by atoms with van der Waals surface area (Å²) < 4.78 is 17.4. The summed E-state index contributed by atoms with van der Waals surface area (Å²) in [7, 11) is 4.95. The van der Waals surface area contributed by atoms with Crippen molar-refractivity contribution in [2.45, 2.75) is 19.3 Å². The van der Waals surface area contributed by atoms with Gasteiger partial charge in [-0.05, 0) is 44.3 Å². The molecular weight excluding hydrogens is 322 g/mol. The summed E-state index contributed by atoms with van der Waals surface area (Å²) in [5.41, 5.74) is 1.15. The Kier molecular flexibility index (Phi) is 5.54. The van der Waals surface area contributed by atoms with Crippen LogP contribution in [0, 0.1) is 5.92 Å². The molecule has 0 saturated carbocycles. The zero-order chi connectivity index (χ0) is 14.5. The van der Waals surface area contributed by atoms with E-state index in [0.717, 1.165) is 35.3 Å². The Morgan fingerprint density at radius 2 is 1.95 bits per heavy atom. The SMILES string of the molecule is COc1cc(Br)c(CC2CCCNC2)c(OC)c1OC. The summed E-state index contributed by atoms with van der Waals surface area (Å²) in [6.07, 6.45) is 3.45. The number of rotatable bonds is 5. The van der Waals surface area contributed by atoms with Crippen LogP contribution in [0.4, 0.5) is 0 Å². The predicted molar refractivity (Wildman–Crippen MR) is 83.1 cm³/mol. The number of hydrogen-bond donors (Lipinski definition) is 1. The van der Waals surface area contributed by atoms with Gasteiger partial charge in [0.05, 0.1) is 21.3 Å². The van der Waals surface area contributed by atoms with Crippen molar-refractivity contribution >= 4 is 15.9 Å². The molecule has 1 aliphatic rings. The Labute approximate surface area is 128 Å². The third-order valence-corrected chi connectivity index (χ3v) is 4.48. The third-order valence-electron chi connectivity index (χ3n) is 3.77. The van der Waals surface area contributed by atoms with E-state index in [9.17, 15) is 0 Å². The number of hydrogen-bond acceptors (Lipinski definition) is 4. The van der Waals surface area contributed by atoms with Crippen molar-refractivity contribution in [3.05, 3.63) is 16.1 Å². The van der Waals surface area contributed by atoms with E-state index in [4.69, 9.17) is 14.2 Å². The summed E-state index contributed by atoms with van der Waals surface area (Å²) in [6, 6.07) is 1.95. The number of piperidine rings is 1. The predicted octanol–water partition coefficient (Wildman–Crippen LogP) is 3.02. The minimum absolute atomic E-state index is 0.632. The zero-order valence-corrected chi connectivity index (χ0v) is 13.9. The van der Waals surface area contributed by atoms with Gasteiger partial charge in [0.25, 0.3) is 0 Å². The van der Waals surface area contributed by atoms with Crippen LogP contribution in [0.1, 0.15) is 18.4 Å². The third kappa shape index (κ3) is 3.20. The summed E-state index contributed by atoms with van der Waals surface area (Å²) in [6.45, 7) is 2.19. The van der Waals surface area contributed by atoms with Crippen LogP contribution in [-0.2, 0) is 6.42 Å². The van der Waals surface area contributed by atoms with Crippen molar-refractivity contribution in [1.29, 1.82) is 0 Å². The van der Waals surface area contributed by atoms with Crippen LogP contribution in [0.3, 0.4) is 0 Å². The first kappa shape index (κ1) is 15.4. The standard InChI is InChI=1S/C15H22BrNO3/c1-18-13-8-12(16)11(14(19-2)15(13)20-3)7-10-5-4-6-17-9-10/h8,10,17H,4-7,9H2,1-3H3. The van der Waals surface area contributed by atoms with Crippen molar-refractivity contribution in [2.75, 3.05) is 34.4 Å². The average Bonchev–Trinajstić information content (AvgIpc) is 2.49. The van der Waals surface area contributed by atoms with Gasteiger partial charge in [0.2, 0.25) is 5.75 Å². The number of ether oxygens (including phenoxy) is 3. The molecule has 0 amide bonds. The topological polar surface area (TPSA) is 39.7 Å². The van der Waals surface area contributed by atoms with Gasteiger partial charge < -0.3 is 19.5 Å². The maximum atomic E-state index is 5.58. The summed E-state index contributed by atoms with van der Waals surface area (Å²) in [4.78, 5) is 0. The van der Waals surface area contributed by atoms with E-state index in [1.807, 2.05) is 6.07 Å². The summed E-state index contributed by atoms with van der Waals surface area (Å²) in [5, 5.41) is 3.45. The van der Waals surface area contributed by atoms with Crippen LogP contribution in [0.2, 0.25) is 0 Å². The van der Waals surface area contributed by atoms with Crippen molar-refractivity contribution in [1.82, 2.24) is 5.32 Å². The molecular formula is C15H22BrNO3. The molecule has 1 fully saturated rings. The average molecular weight is 344 g/mol. The Balaban J connectivity index is 2.35. The van der Waals surface area contributed by atoms with Crippen LogP contribution in [0.5, 0.6) is 17.2 Å². The molecule has 0 spiro atoms. The maximum Gasteiger partial charge on any atom is 0.203 e. The highest BCUT2D eigenvalue weighted by molar-refractivity contribution is 9.10. The highest BCUT2D eigenvalue weighted by Crippen LogP contribution is 2.44. The van der Waals surface area contributed by atoms with Gasteiger partial charge in [0.15, 0.2) is 11.5 Å². The first-order valence-electron chi connectivity index (χ1n) is 6.89. The van der Waals surface area contributed by atoms with E-state index < -0.39 is 0 Å². The van der Waals surface area contributed by atoms with E-state index in [1.165, 1.54) is 12.8 Å². The van der Waals surface area contributed by atoms with E-state index >= 15 is 0 Å². The van der Waals surface area contributed by atoms with E-state index in [1.54, 1.807) is 21.3 Å². The van der Waals surface area contributed by atoms with Gasteiger partial charge in [0.1, 0.15) is 0 Å². The Morgan fingerprint density at radius 3 is 2.50 bits per heavy atom. The van der Waals surface area contributed by atoms with Crippen LogP contribution in [-0.4, -0.2) is 34.4 Å². The number of benzene rings is 1. The number of methoxy groups -OCH3 is 3. The largest absolute Gasteiger partial charge is 0.493 e. The molecule has 0 radical (unpaired) electrons. The summed E-state index contributed by atoms with van der Waals surface area (Å²) >= 11 is 3.63. The lowest BCUT2D eigenvalue weighted by molar-refractivity contribution is 0.317. The van der Waals surface area contributed by atoms with Crippen molar-refractivity contribution in [2.24, 2.45) is 5.92 Å². The summed E-state index contributed by atoms with van der Waals surface area (Å²) in [5.74, 6) is 2.75. The lowest BCUT2D eigenvalue weighted by Gasteiger charge is -2.25. The molecule has 5 heteroatoms. The Bertz CT molecular complexity index is 459. The molecule has 0 bridgehead atoms. The fourth-order valence-corrected chi connectivity index (χ4v) is 3.31. The van der Waals surface area contributed by atoms with Crippen molar-refractivity contribution < 1.29 is 14.2 Å². The molecule has 112 valence electrons. The van der Waals surface area contributed by atoms with Crippen molar-refractivity contribution in [3.8, 4) is 17.2 Å². The first-order valence-corrected chi connectivity index (χ1v) is 7.68. The van der Waals surface area contributed by atoms with Crippen LogP contribution < -0.4 is 19.5 Å². The van der Waals surface area contributed by atoms with Crippen molar-refractivity contribution in [3.63, 3.8) is 0 Å². The molecule has 0 aromatic heterocycles. The van der Waals surface area contributed by atoms with E-state index in [0.29, 0.717) is 17.4 Å².